The lowest BCUT2D eigenvalue weighted by Gasteiger charge is -2.41. The van der Waals surface area contributed by atoms with E-state index < -0.39 is 10.0 Å². The van der Waals surface area contributed by atoms with Crippen molar-refractivity contribution < 1.29 is 13.2 Å². The molecule has 0 aliphatic carbocycles. The number of carbonyl (C=O) groups is 1. The van der Waals surface area contributed by atoms with E-state index in [0.717, 1.165) is 37.1 Å². The van der Waals surface area contributed by atoms with Crippen molar-refractivity contribution in [2.24, 2.45) is 17.6 Å². The highest BCUT2D eigenvalue weighted by molar-refractivity contribution is 7.91. The fourth-order valence-electron chi connectivity index (χ4n) is 4.04. The van der Waals surface area contributed by atoms with Crippen LogP contribution in [0.2, 0.25) is 0 Å². The molecule has 2 aliphatic rings. The Morgan fingerprint density at radius 3 is 2.67 bits per heavy atom. The summed E-state index contributed by atoms with van der Waals surface area (Å²) in [6.07, 6.45) is 3.39. The zero-order valence-corrected chi connectivity index (χ0v) is 18.4. The summed E-state index contributed by atoms with van der Waals surface area (Å²) >= 11 is 1.29. The number of likely N-dealkylation sites (tertiary alicyclic amines) is 1. The van der Waals surface area contributed by atoms with E-state index in [1.807, 2.05) is 17.9 Å². The Hall–Kier alpha value is -0.670. The van der Waals surface area contributed by atoms with Crippen molar-refractivity contribution in [2.75, 3.05) is 26.2 Å². The van der Waals surface area contributed by atoms with Gasteiger partial charge in [0.25, 0.3) is 10.0 Å². The van der Waals surface area contributed by atoms with Gasteiger partial charge in [0.15, 0.2) is 0 Å². The van der Waals surface area contributed by atoms with Crippen LogP contribution in [0.4, 0.5) is 0 Å². The molecule has 0 spiro atoms. The Kier molecular flexibility index (Phi) is 7.72. The summed E-state index contributed by atoms with van der Waals surface area (Å²) in [7, 11) is -3.51. The summed E-state index contributed by atoms with van der Waals surface area (Å²) in [4.78, 5) is 16.0. The molecular weight excluding hydrogens is 406 g/mol. The van der Waals surface area contributed by atoms with Crippen LogP contribution in [0.5, 0.6) is 0 Å². The third-order valence-electron chi connectivity index (χ3n) is 5.58. The molecule has 27 heavy (non-hydrogen) atoms. The fraction of sp³-hybridized carbons (Fsp3) is 0.722. The van der Waals surface area contributed by atoms with Crippen LogP contribution in [0, 0.1) is 18.8 Å². The average molecular weight is 436 g/mol. The second-order valence-corrected chi connectivity index (χ2v) is 11.1. The van der Waals surface area contributed by atoms with Crippen molar-refractivity contribution in [3.05, 3.63) is 17.0 Å². The number of nitrogens with two attached hydrogens (primary N) is 1. The maximum atomic E-state index is 13.1. The summed E-state index contributed by atoms with van der Waals surface area (Å²) in [5.41, 5.74) is 5.90. The Bertz CT molecular complexity index is 753. The van der Waals surface area contributed by atoms with Gasteiger partial charge in [-0.2, -0.15) is 4.31 Å². The Morgan fingerprint density at radius 2 is 2.04 bits per heavy atom. The van der Waals surface area contributed by atoms with Gasteiger partial charge < -0.3 is 10.6 Å². The lowest BCUT2D eigenvalue weighted by Crippen LogP contribution is -2.54. The van der Waals surface area contributed by atoms with Gasteiger partial charge in [-0.05, 0) is 50.7 Å². The van der Waals surface area contributed by atoms with Gasteiger partial charge >= 0.3 is 0 Å². The number of hydrogen-bond donors (Lipinski definition) is 1. The summed E-state index contributed by atoms with van der Waals surface area (Å²) < 4.78 is 27.7. The number of aryl methyl sites for hydroxylation is 1. The van der Waals surface area contributed by atoms with E-state index >= 15 is 0 Å². The van der Waals surface area contributed by atoms with Gasteiger partial charge in [-0.3, -0.25) is 4.79 Å². The molecule has 3 rings (SSSR count). The van der Waals surface area contributed by atoms with Gasteiger partial charge in [0.2, 0.25) is 5.91 Å². The summed E-state index contributed by atoms with van der Waals surface area (Å²) in [5.74, 6) is 0.398. The molecule has 9 heteroatoms. The minimum atomic E-state index is -3.51. The molecule has 3 heterocycles. The number of nitrogens with zero attached hydrogens (tertiary/aromatic N) is 2. The van der Waals surface area contributed by atoms with Crippen LogP contribution >= 0.6 is 23.7 Å². The molecule has 1 aromatic rings. The standard InChI is InChI=1S/C18H29N3O3S2.ClH/c1-13-7-9-21(16(10-13)11-19)18(22)15-4-3-8-20(12-15)26(23,24)17-6-5-14(2)25-17;/h5-6,13,15-16H,3-4,7-12,19H2,1-2H3;1H. The molecule has 154 valence electrons. The van der Waals surface area contributed by atoms with E-state index in [9.17, 15) is 13.2 Å². The molecule has 0 bridgehead atoms. The number of piperidine rings is 2. The van der Waals surface area contributed by atoms with Crippen LogP contribution in [0.15, 0.2) is 16.3 Å². The predicted octanol–water partition coefficient (Wildman–Crippen LogP) is 2.46. The molecule has 2 aliphatic heterocycles. The van der Waals surface area contributed by atoms with Crippen molar-refractivity contribution in [2.45, 2.75) is 49.8 Å². The first-order valence-corrected chi connectivity index (χ1v) is 11.7. The van der Waals surface area contributed by atoms with Crippen LogP contribution < -0.4 is 5.73 Å². The van der Waals surface area contributed by atoms with Crippen molar-refractivity contribution in [1.29, 1.82) is 0 Å². The SMILES string of the molecule is Cc1ccc(S(=O)(=O)N2CCCC(C(=O)N3CCC(C)CC3CN)C2)s1.Cl. The quantitative estimate of drug-likeness (QED) is 0.787. The van der Waals surface area contributed by atoms with Crippen molar-refractivity contribution >= 4 is 39.7 Å². The lowest BCUT2D eigenvalue weighted by molar-refractivity contribution is -0.140. The Balaban J connectivity index is 0.00000261. The Labute approximate surface area is 172 Å². The summed E-state index contributed by atoms with van der Waals surface area (Å²) in [6.45, 7) is 6.06. The molecule has 1 amide bonds. The highest BCUT2D eigenvalue weighted by atomic mass is 35.5. The molecule has 1 aromatic heterocycles. The fourth-order valence-corrected chi connectivity index (χ4v) is 7.00. The number of thiophene rings is 1. The first-order valence-electron chi connectivity index (χ1n) is 9.40. The zero-order chi connectivity index (χ0) is 18.9. The average Bonchev–Trinajstić information content (AvgIpc) is 3.08. The van der Waals surface area contributed by atoms with Gasteiger partial charge in [0, 0.05) is 37.1 Å². The number of amides is 1. The van der Waals surface area contributed by atoms with E-state index in [0.29, 0.717) is 23.2 Å². The largest absolute Gasteiger partial charge is 0.338 e. The number of carbonyl (C=O) groups excluding carboxylic acids is 1. The van der Waals surface area contributed by atoms with Gasteiger partial charge in [-0.15, -0.1) is 23.7 Å². The highest BCUT2D eigenvalue weighted by Crippen LogP contribution is 2.30. The predicted molar refractivity (Wildman–Crippen MR) is 111 cm³/mol. The minimum absolute atomic E-state index is 0. The van der Waals surface area contributed by atoms with E-state index in [-0.39, 0.29) is 36.8 Å². The number of rotatable bonds is 4. The van der Waals surface area contributed by atoms with E-state index in [1.165, 1.54) is 15.6 Å². The topological polar surface area (TPSA) is 83.7 Å². The second kappa shape index (κ2) is 9.22. The summed E-state index contributed by atoms with van der Waals surface area (Å²) in [5, 5.41) is 0. The molecule has 2 N–H and O–H groups in total. The molecule has 0 aromatic carbocycles. The third kappa shape index (κ3) is 4.85. The second-order valence-electron chi connectivity index (χ2n) is 7.62. The molecule has 0 radical (unpaired) electrons. The molecule has 0 saturated carbocycles. The smallest absolute Gasteiger partial charge is 0.252 e. The lowest BCUT2D eigenvalue weighted by atomic mass is 9.90. The van der Waals surface area contributed by atoms with Crippen LogP contribution in [0.1, 0.15) is 37.5 Å². The Morgan fingerprint density at radius 1 is 1.30 bits per heavy atom. The zero-order valence-electron chi connectivity index (χ0n) is 16.0. The van der Waals surface area contributed by atoms with Crippen molar-refractivity contribution in [1.82, 2.24) is 9.21 Å². The van der Waals surface area contributed by atoms with E-state index in [1.54, 1.807) is 6.07 Å². The van der Waals surface area contributed by atoms with E-state index in [4.69, 9.17) is 5.73 Å². The van der Waals surface area contributed by atoms with Crippen LogP contribution in [0.3, 0.4) is 0 Å². The monoisotopic (exact) mass is 435 g/mol. The van der Waals surface area contributed by atoms with Crippen LogP contribution in [0.25, 0.3) is 0 Å². The molecule has 2 saturated heterocycles. The van der Waals surface area contributed by atoms with Crippen molar-refractivity contribution in [3.63, 3.8) is 0 Å². The minimum Gasteiger partial charge on any atom is -0.338 e. The van der Waals surface area contributed by atoms with Gasteiger partial charge in [0.1, 0.15) is 4.21 Å². The van der Waals surface area contributed by atoms with Gasteiger partial charge in [-0.1, -0.05) is 6.92 Å². The molecular formula is C18H30ClN3O3S2. The van der Waals surface area contributed by atoms with Crippen LogP contribution in [-0.4, -0.2) is 55.8 Å². The maximum absolute atomic E-state index is 13.1. The van der Waals surface area contributed by atoms with Crippen LogP contribution in [-0.2, 0) is 14.8 Å². The molecule has 3 atom stereocenters. The summed E-state index contributed by atoms with van der Waals surface area (Å²) in [6, 6.07) is 3.57. The van der Waals surface area contributed by atoms with Crippen molar-refractivity contribution in [3.8, 4) is 0 Å². The van der Waals surface area contributed by atoms with E-state index in [2.05, 4.69) is 6.92 Å². The highest BCUT2D eigenvalue weighted by Gasteiger charge is 2.38. The molecule has 3 unspecified atom stereocenters. The van der Waals surface area contributed by atoms with Gasteiger partial charge in [-0.25, -0.2) is 8.42 Å². The third-order valence-corrected chi connectivity index (χ3v) is 8.91. The number of halogens is 1. The normalized spacial score (nSPS) is 27.2. The maximum Gasteiger partial charge on any atom is 0.252 e. The molecule has 6 nitrogen and oxygen atoms in total. The number of sulfonamides is 1. The number of hydrogen-bond acceptors (Lipinski definition) is 5. The molecule has 2 fully saturated rings. The van der Waals surface area contributed by atoms with Gasteiger partial charge in [0.05, 0.1) is 5.92 Å². The first kappa shape index (κ1) is 22.6. The first-order chi connectivity index (χ1) is 12.3.